The number of hydrogen-bond acceptors (Lipinski definition) is 7. The van der Waals surface area contributed by atoms with Crippen molar-refractivity contribution in [2.75, 3.05) is 58.2 Å². The van der Waals surface area contributed by atoms with Crippen LogP contribution in [-0.4, -0.2) is 86.0 Å². The molecule has 3 rings (SSSR count). The summed E-state index contributed by atoms with van der Waals surface area (Å²) in [5.74, 6) is 0.661. The summed E-state index contributed by atoms with van der Waals surface area (Å²) in [5, 5.41) is 3.26. The van der Waals surface area contributed by atoms with E-state index in [1.165, 1.54) is 6.07 Å². The zero-order chi connectivity index (χ0) is 25.6. The molecule has 0 aromatic heterocycles. The van der Waals surface area contributed by atoms with Crippen molar-refractivity contribution < 1.29 is 23.8 Å². The Balaban J connectivity index is 1.45. The molecule has 0 spiro atoms. The maximum Gasteiger partial charge on any atom is 0.410 e. The minimum atomic E-state index is -0.475. The average Bonchev–Trinajstić information content (AvgIpc) is 2.79. The van der Waals surface area contributed by atoms with Gasteiger partial charge in [0.05, 0.1) is 35.6 Å². The van der Waals surface area contributed by atoms with E-state index in [1.807, 2.05) is 27.7 Å². The van der Waals surface area contributed by atoms with Gasteiger partial charge in [-0.25, -0.2) is 4.79 Å². The number of nitrogens with two attached hydrogens (primary N) is 1. The fourth-order valence-corrected chi connectivity index (χ4v) is 4.55. The van der Waals surface area contributed by atoms with Crippen LogP contribution in [-0.2, 0) is 9.47 Å². The highest BCUT2D eigenvalue weighted by Crippen LogP contribution is 2.29. The third-order valence-electron chi connectivity index (χ3n) is 6.14. The number of nitrogens with zero attached hydrogens (tertiary/aromatic N) is 2. The zero-order valence-corrected chi connectivity index (χ0v) is 22.0. The monoisotopic (exact) mass is 510 g/mol. The van der Waals surface area contributed by atoms with Crippen molar-refractivity contribution in [3.05, 3.63) is 22.7 Å². The molecule has 196 valence electrons. The van der Waals surface area contributed by atoms with Gasteiger partial charge in [-0.3, -0.25) is 9.69 Å². The number of carbonyl (C=O) groups excluding carboxylic acids is 2. The Hall–Kier alpha value is -2.23. The lowest BCUT2D eigenvalue weighted by Crippen LogP contribution is -2.50. The van der Waals surface area contributed by atoms with E-state index in [0.717, 1.165) is 45.6 Å². The molecule has 9 nitrogen and oxygen atoms in total. The summed E-state index contributed by atoms with van der Waals surface area (Å²) in [6, 6.07) is 3.11. The normalized spacial score (nSPS) is 19.9. The van der Waals surface area contributed by atoms with E-state index in [0.29, 0.717) is 47.7 Å². The van der Waals surface area contributed by atoms with Gasteiger partial charge >= 0.3 is 6.09 Å². The van der Waals surface area contributed by atoms with E-state index in [9.17, 15) is 9.59 Å². The smallest absolute Gasteiger partial charge is 0.410 e. The van der Waals surface area contributed by atoms with Crippen LogP contribution >= 0.6 is 11.6 Å². The first-order valence-electron chi connectivity index (χ1n) is 12.4. The molecule has 3 N–H and O–H groups in total. The van der Waals surface area contributed by atoms with E-state index in [1.54, 1.807) is 11.0 Å². The van der Waals surface area contributed by atoms with Crippen molar-refractivity contribution in [2.24, 2.45) is 5.92 Å². The number of nitrogens with one attached hydrogen (secondary N) is 1. The highest BCUT2D eigenvalue weighted by molar-refractivity contribution is 6.33. The number of piperidine rings is 1. The quantitative estimate of drug-likeness (QED) is 0.541. The van der Waals surface area contributed by atoms with Crippen molar-refractivity contribution in [1.29, 1.82) is 0 Å². The molecule has 0 saturated carbocycles. The van der Waals surface area contributed by atoms with Crippen LogP contribution in [0.2, 0.25) is 5.02 Å². The topological polar surface area (TPSA) is 106 Å². The lowest BCUT2D eigenvalue weighted by atomic mass is 9.96. The highest BCUT2D eigenvalue weighted by Gasteiger charge is 2.29. The lowest BCUT2D eigenvalue weighted by molar-refractivity contribution is -0.0342. The second kappa shape index (κ2) is 12.1. The van der Waals surface area contributed by atoms with Gasteiger partial charge in [0.25, 0.3) is 5.91 Å². The largest absolute Gasteiger partial charge is 0.493 e. The van der Waals surface area contributed by atoms with Crippen LogP contribution in [0.5, 0.6) is 5.75 Å². The molecule has 2 aliphatic heterocycles. The van der Waals surface area contributed by atoms with Crippen LogP contribution in [0.1, 0.15) is 50.9 Å². The molecule has 2 aliphatic rings. The minimum absolute atomic E-state index is 0.102. The molecule has 2 saturated heterocycles. The average molecular weight is 511 g/mol. The Morgan fingerprint density at radius 1 is 1.23 bits per heavy atom. The van der Waals surface area contributed by atoms with Gasteiger partial charge < -0.3 is 30.2 Å². The number of amides is 2. The van der Waals surface area contributed by atoms with Crippen LogP contribution in [0.15, 0.2) is 12.1 Å². The van der Waals surface area contributed by atoms with Gasteiger partial charge in [0.1, 0.15) is 11.4 Å². The van der Waals surface area contributed by atoms with Gasteiger partial charge in [-0.15, -0.1) is 0 Å². The highest BCUT2D eigenvalue weighted by atomic mass is 35.5. The molecule has 2 amide bonds. The molecule has 1 aromatic carbocycles. The second-order valence-electron chi connectivity index (χ2n) is 10.2. The van der Waals surface area contributed by atoms with Crippen molar-refractivity contribution >= 4 is 29.3 Å². The second-order valence-corrected chi connectivity index (χ2v) is 10.6. The van der Waals surface area contributed by atoms with Crippen molar-refractivity contribution in [2.45, 2.75) is 52.2 Å². The molecule has 0 bridgehead atoms. The predicted molar refractivity (Wildman–Crippen MR) is 136 cm³/mol. The van der Waals surface area contributed by atoms with Gasteiger partial charge in [0, 0.05) is 45.3 Å². The van der Waals surface area contributed by atoms with E-state index < -0.39 is 5.60 Å². The first-order valence-corrected chi connectivity index (χ1v) is 12.8. The van der Waals surface area contributed by atoms with Gasteiger partial charge in [-0.2, -0.15) is 0 Å². The number of morpholine rings is 1. The number of nitrogen functional groups attached to an aromatic ring is 1. The van der Waals surface area contributed by atoms with Crippen LogP contribution < -0.4 is 15.8 Å². The van der Waals surface area contributed by atoms with Crippen LogP contribution in [0.25, 0.3) is 0 Å². The summed E-state index contributed by atoms with van der Waals surface area (Å²) >= 11 is 6.12. The summed E-state index contributed by atoms with van der Waals surface area (Å²) in [6.45, 7) is 12.9. The number of ether oxygens (including phenoxy) is 3. The lowest BCUT2D eigenvalue weighted by Gasteiger charge is -2.38. The number of hydrogen-bond donors (Lipinski definition) is 2. The number of anilines is 1. The Morgan fingerprint density at radius 3 is 2.60 bits per heavy atom. The molecular formula is C25H39ClN4O5. The summed E-state index contributed by atoms with van der Waals surface area (Å²) < 4.78 is 17.0. The maximum absolute atomic E-state index is 12.8. The molecule has 0 radical (unpaired) electrons. The van der Waals surface area contributed by atoms with Crippen molar-refractivity contribution in [3.8, 4) is 5.75 Å². The van der Waals surface area contributed by atoms with Crippen LogP contribution in [0, 0.1) is 5.92 Å². The molecule has 0 aliphatic carbocycles. The Labute approximate surface area is 213 Å². The fraction of sp³-hybridized carbons (Fsp3) is 0.680. The third kappa shape index (κ3) is 8.15. The van der Waals surface area contributed by atoms with E-state index in [-0.39, 0.29) is 18.1 Å². The summed E-state index contributed by atoms with van der Waals surface area (Å²) in [6.07, 6.45) is 1.58. The van der Waals surface area contributed by atoms with Gasteiger partial charge in [-0.05, 0) is 52.5 Å². The van der Waals surface area contributed by atoms with Crippen molar-refractivity contribution in [1.82, 2.24) is 15.1 Å². The molecule has 10 heteroatoms. The predicted octanol–water partition coefficient (Wildman–Crippen LogP) is 3.40. The number of halogens is 1. The molecule has 1 atom stereocenters. The van der Waals surface area contributed by atoms with E-state index in [2.05, 4.69) is 10.2 Å². The Kier molecular flexibility index (Phi) is 9.49. The SMILES string of the molecule is CCOc1cc(N)c(Cl)cc1C(=O)NC[C@H]1CN(CC2CCN(C(=O)OC(C)(C)C)CC2)CCO1. The first-order chi connectivity index (χ1) is 16.6. The molecule has 35 heavy (non-hydrogen) atoms. The molecular weight excluding hydrogens is 472 g/mol. The number of likely N-dealkylation sites (tertiary alicyclic amines) is 1. The number of rotatable bonds is 7. The number of carbonyl (C=O) groups is 2. The summed E-state index contributed by atoms with van der Waals surface area (Å²) in [4.78, 5) is 29.3. The first kappa shape index (κ1) is 27.4. The fourth-order valence-electron chi connectivity index (χ4n) is 4.38. The zero-order valence-electron chi connectivity index (χ0n) is 21.3. The van der Waals surface area contributed by atoms with Gasteiger partial charge in [0.2, 0.25) is 0 Å². The van der Waals surface area contributed by atoms with E-state index >= 15 is 0 Å². The molecule has 1 aromatic rings. The third-order valence-corrected chi connectivity index (χ3v) is 6.47. The van der Waals surface area contributed by atoms with Crippen LogP contribution in [0.3, 0.4) is 0 Å². The Morgan fingerprint density at radius 2 is 1.94 bits per heavy atom. The number of benzene rings is 1. The summed E-state index contributed by atoms with van der Waals surface area (Å²) in [7, 11) is 0. The molecule has 2 fully saturated rings. The standard InChI is InChI=1S/C25H39ClN4O5/c1-5-33-22-13-21(27)20(26)12-19(22)23(31)28-14-18-16-29(10-11-34-18)15-17-6-8-30(9-7-17)24(32)35-25(2,3)4/h12-13,17-18H,5-11,14-16,27H2,1-4H3,(H,28,31)/t18-/m0/s1. The van der Waals surface area contributed by atoms with Gasteiger partial charge in [-0.1, -0.05) is 11.6 Å². The molecule has 2 heterocycles. The Bertz CT molecular complexity index is 883. The minimum Gasteiger partial charge on any atom is -0.493 e. The van der Waals surface area contributed by atoms with E-state index in [4.69, 9.17) is 31.5 Å². The maximum atomic E-state index is 12.8. The summed E-state index contributed by atoms with van der Waals surface area (Å²) in [5.41, 5.74) is 6.11. The van der Waals surface area contributed by atoms with Gasteiger partial charge in [0.15, 0.2) is 0 Å². The van der Waals surface area contributed by atoms with Crippen LogP contribution in [0.4, 0.5) is 10.5 Å². The van der Waals surface area contributed by atoms with Crippen molar-refractivity contribution in [3.63, 3.8) is 0 Å². The molecule has 0 unspecified atom stereocenters.